The number of imidazole rings is 1. The van der Waals surface area contributed by atoms with Gasteiger partial charge in [0.25, 0.3) is 0 Å². The number of anilines is 1. The molecule has 2 aromatic heterocycles. The van der Waals surface area contributed by atoms with Gasteiger partial charge in [-0.15, -0.1) is 0 Å². The van der Waals surface area contributed by atoms with Crippen molar-refractivity contribution in [3.05, 3.63) is 64.2 Å². The van der Waals surface area contributed by atoms with E-state index in [-0.39, 0.29) is 6.04 Å². The summed E-state index contributed by atoms with van der Waals surface area (Å²) in [6.07, 6.45) is 3.09. The summed E-state index contributed by atoms with van der Waals surface area (Å²) < 4.78 is 5.84. The van der Waals surface area contributed by atoms with Crippen molar-refractivity contribution in [3.63, 3.8) is 0 Å². The minimum absolute atomic E-state index is 0.149. The molecule has 0 aliphatic rings. The Morgan fingerprint density at radius 3 is 2.59 bits per heavy atom. The van der Waals surface area contributed by atoms with E-state index in [4.69, 9.17) is 27.9 Å². The van der Waals surface area contributed by atoms with Gasteiger partial charge in [-0.05, 0) is 43.2 Å². The van der Waals surface area contributed by atoms with E-state index in [1.54, 1.807) is 13.4 Å². The van der Waals surface area contributed by atoms with Crippen molar-refractivity contribution in [2.24, 2.45) is 0 Å². The fourth-order valence-electron chi connectivity index (χ4n) is 3.40. The van der Waals surface area contributed by atoms with E-state index in [0.717, 1.165) is 28.0 Å². The van der Waals surface area contributed by atoms with Crippen LogP contribution >= 0.6 is 23.2 Å². The number of fused-ring (bicyclic) bond motifs is 1. The van der Waals surface area contributed by atoms with Gasteiger partial charge in [0.05, 0.1) is 19.5 Å². The number of aromatic nitrogens is 4. The van der Waals surface area contributed by atoms with Crippen molar-refractivity contribution in [1.82, 2.24) is 19.9 Å². The van der Waals surface area contributed by atoms with Gasteiger partial charge in [0.15, 0.2) is 11.5 Å². The minimum Gasteiger partial charge on any atom is -0.496 e. The number of halogens is 2. The van der Waals surface area contributed by atoms with Gasteiger partial charge in [-0.3, -0.25) is 0 Å². The average molecular weight is 428 g/mol. The maximum atomic E-state index is 6.60. The number of nitrogens with one attached hydrogen (secondary N) is 2. The van der Waals surface area contributed by atoms with Crippen molar-refractivity contribution >= 4 is 40.2 Å². The third kappa shape index (κ3) is 3.61. The zero-order valence-electron chi connectivity index (χ0n) is 16.1. The number of hydrogen-bond donors (Lipinski definition) is 2. The standard InChI is InChI=1S/C21H19Cl2N5O/c1-11-16(23)8-15(19(29-3)17(11)13-4-6-14(22)7-5-13)12(2)28-21-18-20(25-9-24-18)26-10-27-21/h4-10,12H,1-3H3,(H2,24,25,26,27,28). The van der Waals surface area contributed by atoms with Crippen molar-refractivity contribution in [2.45, 2.75) is 19.9 Å². The quantitative estimate of drug-likeness (QED) is 0.419. The van der Waals surface area contributed by atoms with Crippen LogP contribution in [-0.4, -0.2) is 27.0 Å². The second-order valence-corrected chi connectivity index (χ2v) is 7.52. The predicted molar refractivity (Wildman–Crippen MR) is 117 cm³/mol. The number of H-pyrrole nitrogens is 1. The third-order valence-corrected chi connectivity index (χ3v) is 5.52. The Labute approximate surface area is 178 Å². The van der Waals surface area contributed by atoms with Crippen molar-refractivity contribution in [2.75, 3.05) is 12.4 Å². The van der Waals surface area contributed by atoms with Crippen LogP contribution in [0.5, 0.6) is 5.75 Å². The number of hydrogen-bond acceptors (Lipinski definition) is 5. The Balaban J connectivity index is 1.81. The Kier molecular flexibility index (Phi) is 5.30. The molecule has 0 radical (unpaired) electrons. The van der Waals surface area contributed by atoms with Gasteiger partial charge in [-0.2, -0.15) is 0 Å². The van der Waals surface area contributed by atoms with E-state index in [1.807, 2.05) is 44.2 Å². The molecule has 1 atom stereocenters. The number of benzene rings is 2. The predicted octanol–water partition coefficient (Wildman–Crippen LogP) is 5.82. The Morgan fingerprint density at radius 2 is 1.86 bits per heavy atom. The van der Waals surface area contributed by atoms with Gasteiger partial charge in [0.1, 0.15) is 17.6 Å². The molecule has 0 amide bonds. The molecule has 0 saturated heterocycles. The summed E-state index contributed by atoms with van der Waals surface area (Å²) >= 11 is 12.7. The molecule has 2 heterocycles. The lowest BCUT2D eigenvalue weighted by atomic mass is 9.94. The van der Waals surface area contributed by atoms with Gasteiger partial charge >= 0.3 is 0 Å². The highest BCUT2D eigenvalue weighted by Gasteiger charge is 2.22. The molecule has 148 valence electrons. The van der Waals surface area contributed by atoms with E-state index >= 15 is 0 Å². The molecule has 0 saturated carbocycles. The van der Waals surface area contributed by atoms with Gasteiger partial charge in [0.2, 0.25) is 0 Å². The molecule has 4 aromatic rings. The largest absolute Gasteiger partial charge is 0.496 e. The summed E-state index contributed by atoms with van der Waals surface area (Å²) in [5, 5.41) is 4.74. The number of nitrogens with zero attached hydrogens (tertiary/aromatic N) is 3. The van der Waals surface area contributed by atoms with Crippen LogP contribution in [0.3, 0.4) is 0 Å². The highest BCUT2D eigenvalue weighted by molar-refractivity contribution is 6.32. The van der Waals surface area contributed by atoms with Crippen LogP contribution < -0.4 is 10.1 Å². The average Bonchev–Trinajstić information content (AvgIpc) is 3.20. The van der Waals surface area contributed by atoms with Crippen LogP contribution in [0.4, 0.5) is 5.82 Å². The second kappa shape index (κ2) is 7.89. The number of aromatic amines is 1. The molecule has 0 spiro atoms. The van der Waals surface area contributed by atoms with Crippen LogP contribution in [0.1, 0.15) is 24.1 Å². The number of ether oxygens (including phenoxy) is 1. The second-order valence-electron chi connectivity index (χ2n) is 6.68. The van der Waals surface area contributed by atoms with E-state index in [9.17, 15) is 0 Å². The molecule has 2 N–H and O–H groups in total. The van der Waals surface area contributed by atoms with Gasteiger partial charge in [-0.25, -0.2) is 15.0 Å². The van der Waals surface area contributed by atoms with E-state index in [2.05, 4.69) is 25.3 Å². The molecular formula is C21H19Cl2N5O. The zero-order chi connectivity index (χ0) is 20.5. The van der Waals surface area contributed by atoms with Gasteiger partial charge in [-0.1, -0.05) is 35.3 Å². The van der Waals surface area contributed by atoms with E-state index in [1.165, 1.54) is 6.33 Å². The molecule has 4 rings (SSSR count). The molecule has 0 aliphatic heterocycles. The molecule has 8 heteroatoms. The molecule has 0 bridgehead atoms. The lowest BCUT2D eigenvalue weighted by Gasteiger charge is -2.22. The molecule has 1 unspecified atom stereocenters. The highest BCUT2D eigenvalue weighted by atomic mass is 35.5. The monoisotopic (exact) mass is 427 g/mol. The van der Waals surface area contributed by atoms with Crippen LogP contribution in [-0.2, 0) is 0 Å². The topological polar surface area (TPSA) is 75.7 Å². The first kappa shape index (κ1) is 19.5. The Bertz CT molecular complexity index is 1170. The summed E-state index contributed by atoms with van der Waals surface area (Å²) in [6, 6.07) is 9.41. The van der Waals surface area contributed by atoms with Crippen LogP contribution in [0.2, 0.25) is 10.0 Å². The molecule has 6 nitrogen and oxygen atoms in total. The smallest absolute Gasteiger partial charge is 0.162 e. The van der Waals surface area contributed by atoms with E-state index in [0.29, 0.717) is 27.0 Å². The first-order chi connectivity index (χ1) is 14.0. The SMILES string of the molecule is COc1c(C(C)Nc2ncnc3[nH]cnc23)cc(Cl)c(C)c1-c1ccc(Cl)cc1. The Hall–Kier alpha value is -2.83. The van der Waals surface area contributed by atoms with Crippen LogP contribution in [0.25, 0.3) is 22.3 Å². The zero-order valence-corrected chi connectivity index (χ0v) is 17.6. The minimum atomic E-state index is -0.149. The lowest BCUT2D eigenvalue weighted by molar-refractivity contribution is 0.409. The van der Waals surface area contributed by atoms with Crippen LogP contribution in [0, 0.1) is 6.92 Å². The summed E-state index contributed by atoms with van der Waals surface area (Å²) in [6.45, 7) is 4.00. The summed E-state index contributed by atoms with van der Waals surface area (Å²) in [4.78, 5) is 15.8. The van der Waals surface area contributed by atoms with Crippen molar-refractivity contribution in [3.8, 4) is 16.9 Å². The lowest BCUT2D eigenvalue weighted by Crippen LogP contribution is -2.11. The summed E-state index contributed by atoms with van der Waals surface area (Å²) in [5.74, 6) is 1.39. The maximum Gasteiger partial charge on any atom is 0.162 e. The van der Waals surface area contributed by atoms with Crippen molar-refractivity contribution in [1.29, 1.82) is 0 Å². The number of methoxy groups -OCH3 is 1. The fourth-order valence-corrected chi connectivity index (χ4v) is 3.74. The Morgan fingerprint density at radius 1 is 1.10 bits per heavy atom. The fraction of sp³-hybridized carbons (Fsp3) is 0.190. The normalized spacial score (nSPS) is 12.2. The summed E-state index contributed by atoms with van der Waals surface area (Å²) in [7, 11) is 1.66. The van der Waals surface area contributed by atoms with Gasteiger partial charge < -0.3 is 15.0 Å². The first-order valence-corrected chi connectivity index (χ1v) is 9.78. The molecule has 2 aromatic carbocycles. The van der Waals surface area contributed by atoms with Crippen molar-refractivity contribution < 1.29 is 4.74 Å². The molecule has 0 aliphatic carbocycles. The molecular weight excluding hydrogens is 409 g/mol. The maximum absolute atomic E-state index is 6.60. The van der Waals surface area contributed by atoms with E-state index < -0.39 is 0 Å². The summed E-state index contributed by atoms with van der Waals surface area (Å²) in [5.41, 5.74) is 5.12. The highest BCUT2D eigenvalue weighted by Crippen LogP contribution is 2.43. The van der Waals surface area contributed by atoms with Gasteiger partial charge in [0, 0.05) is 21.2 Å². The number of rotatable bonds is 5. The first-order valence-electron chi connectivity index (χ1n) is 9.03. The van der Waals surface area contributed by atoms with Crippen LogP contribution in [0.15, 0.2) is 43.0 Å². The molecule has 0 fully saturated rings. The third-order valence-electron chi connectivity index (χ3n) is 4.88. The molecule has 29 heavy (non-hydrogen) atoms.